The third-order valence-corrected chi connectivity index (χ3v) is 4.65. The van der Waals surface area contributed by atoms with Crippen LogP contribution < -0.4 is 15.0 Å². The van der Waals surface area contributed by atoms with Crippen LogP contribution in [0.5, 0.6) is 5.75 Å². The van der Waals surface area contributed by atoms with Crippen molar-refractivity contribution in [3.05, 3.63) is 66.0 Å². The minimum absolute atomic E-state index is 0.161. The quantitative estimate of drug-likeness (QED) is 0.697. The zero-order chi connectivity index (χ0) is 18.8. The van der Waals surface area contributed by atoms with Gasteiger partial charge in [0.2, 0.25) is 0 Å². The Kier molecular flexibility index (Phi) is 4.64. The van der Waals surface area contributed by atoms with E-state index < -0.39 is 0 Å². The van der Waals surface area contributed by atoms with E-state index in [1.807, 2.05) is 36.4 Å². The van der Waals surface area contributed by atoms with Gasteiger partial charge in [0.15, 0.2) is 5.75 Å². The van der Waals surface area contributed by atoms with Gasteiger partial charge in [0.25, 0.3) is 5.91 Å². The van der Waals surface area contributed by atoms with E-state index in [1.54, 1.807) is 4.90 Å². The van der Waals surface area contributed by atoms with Crippen LogP contribution >= 0.6 is 11.6 Å². The first kappa shape index (κ1) is 17.3. The average Bonchev–Trinajstić information content (AvgIpc) is 2.72. The summed E-state index contributed by atoms with van der Waals surface area (Å²) in [5.74, 6) is 1.10. The molecule has 0 saturated carbocycles. The maximum absolute atomic E-state index is 12.2. The standard InChI is InChI=1S/C20H17ClN4O2/c1-2-17(26)25-9-10-27-19-16(25)8-7-15-18(19)20(24-12-23-15)22-11-13-3-5-14(21)6-4-13/h2-8,12H,1,9-11H2,(H,22,23,24). The molecule has 1 amide bonds. The molecule has 1 aliphatic rings. The summed E-state index contributed by atoms with van der Waals surface area (Å²) in [6.45, 7) is 5.03. The number of aromatic nitrogens is 2. The molecule has 0 spiro atoms. The average molecular weight is 381 g/mol. The van der Waals surface area contributed by atoms with Crippen LogP contribution in [0.15, 0.2) is 55.4 Å². The summed E-state index contributed by atoms with van der Waals surface area (Å²) < 4.78 is 5.90. The van der Waals surface area contributed by atoms with Gasteiger partial charge in [-0.05, 0) is 35.9 Å². The van der Waals surface area contributed by atoms with Gasteiger partial charge in [0, 0.05) is 11.6 Å². The highest BCUT2D eigenvalue weighted by molar-refractivity contribution is 6.30. The van der Waals surface area contributed by atoms with Crippen molar-refractivity contribution in [1.29, 1.82) is 0 Å². The Balaban J connectivity index is 1.74. The SMILES string of the molecule is C=CC(=O)N1CCOc2c1ccc1ncnc(NCc3ccc(Cl)cc3)c21. The number of amides is 1. The van der Waals surface area contributed by atoms with E-state index in [0.29, 0.717) is 42.0 Å². The molecule has 1 aliphatic heterocycles. The number of fused-ring (bicyclic) bond motifs is 3. The number of hydrogen-bond donors (Lipinski definition) is 1. The van der Waals surface area contributed by atoms with E-state index in [-0.39, 0.29) is 5.91 Å². The van der Waals surface area contributed by atoms with Gasteiger partial charge >= 0.3 is 0 Å². The number of carbonyl (C=O) groups excluding carboxylic acids is 1. The maximum Gasteiger partial charge on any atom is 0.250 e. The Morgan fingerprint density at radius 3 is 2.85 bits per heavy atom. The van der Waals surface area contributed by atoms with Gasteiger partial charge in [-0.1, -0.05) is 30.3 Å². The summed E-state index contributed by atoms with van der Waals surface area (Å²) in [5, 5.41) is 4.78. The van der Waals surface area contributed by atoms with E-state index >= 15 is 0 Å². The van der Waals surface area contributed by atoms with Crippen LogP contribution in [0.1, 0.15) is 5.56 Å². The summed E-state index contributed by atoms with van der Waals surface area (Å²) in [6, 6.07) is 11.3. The van der Waals surface area contributed by atoms with Gasteiger partial charge in [-0.15, -0.1) is 0 Å². The van der Waals surface area contributed by atoms with Crippen LogP contribution in [0.25, 0.3) is 10.9 Å². The number of nitrogens with zero attached hydrogens (tertiary/aromatic N) is 3. The molecule has 1 aromatic heterocycles. The normalized spacial score (nSPS) is 13.0. The molecule has 3 aromatic rings. The smallest absolute Gasteiger partial charge is 0.250 e. The summed E-state index contributed by atoms with van der Waals surface area (Å²) in [5.41, 5.74) is 2.51. The van der Waals surface area contributed by atoms with E-state index in [0.717, 1.165) is 16.5 Å². The van der Waals surface area contributed by atoms with E-state index in [1.165, 1.54) is 12.4 Å². The third-order valence-electron chi connectivity index (χ3n) is 4.40. The minimum Gasteiger partial charge on any atom is -0.489 e. The van der Waals surface area contributed by atoms with Crippen LogP contribution in [0.3, 0.4) is 0 Å². The van der Waals surface area contributed by atoms with E-state index in [4.69, 9.17) is 16.3 Å². The van der Waals surface area contributed by atoms with Crippen LogP contribution in [0.4, 0.5) is 11.5 Å². The lowest BCUT2D eigenvalue weighted by atomic mass is 10.1. The maximum atomic E-state index is 12.2. The second-order valence-electron chi connectivity index (χ2n) is 6.05. The molecule has 0 saturated heterocycles. The highest BCUT2D eigenvalue weighted by atomic mass is 35.5. The van der Waals surface area contributed by atoms with Gasteiger partial charge in [-0.25, -0.2) is 9.97 Å². The summed E-state index contributed by atoms with van der Waals surface area (Å²) in [6.07, 6.45) is 2.81. The van der Waals surface area contributed by atoms with Crippen molar-refractivity contribution in [1.82, 2.24) is 9.97 Å². The second-order valence-corrected chi connectivity index (χ2v) is 6.49. The number of halogens is 1. The number of benzene rings is 2. The Bertz CT molecular complexity index is 1020. The monoisotopic (exact) mass is 380 g/mol. The zero-order valence-corrected chi connectivity index (χ0v) is 15.2. The molecule has 1 N–H and O–H groups in total. The largest absolute Gasteiger partial charge is 0.489 e. The first-order chi connectivity index (χ1) is 13.2. The number of carbonyl (C=O) groups is 1. The van der Waals surface area contributed by atoms with Crippen molar-refractivity contribution >= 4 is 39.9 Å². The molecule has 136 valence electrons. The summed E-state index contributed by atoms with van der Waals surface area (Å²) >= 11 is 5.94. The molecule has 0 fully saturated rings. The lowest BCUT2D eigenvalue weighted by Gasteiger charge is -2.29. The molecule has 7 heteroatoms. The molecule has 2 aromatic carbocycles. The molecular weight excluding hydrogens is 364 g/mol. The molecule has 0 aliphatic carbocycles. The fourth-order valence-electron chi connectivity index (χ4n) is 3.09. The number of anilines is 2. The Hall–Kier alpha value is -3.12. The van der Waals surface area contributed by atoms with Crippen molar-refractivity contribution in [2.45, 2.75) is 6.54 Å². The number of ether oxygens (including phenoxy) is 1. The molecule has 4 rings (SSSR count). The number of rotatable bonds is 4. The minimum atomic E-state index is -0.161. The lowest BCUT2D eigenvalue weighted by molar-refractivity contribution is -0.114. The van der Waals surface area contributed by atoms with Gasteiger partial charge in [0.05, 0.1) is 23.1 Å². The fraction of sp³-hybridized carbons (Fsp3) is 0.150. The molecule has 0 unspecified atom stereocenters. The second kappa shape index (κ2) is 7.25. The van der Waals surface area contributed by atoms with E-state index in [2.05, 4.69) is 21.9 Å². The van der Waals surface area contributed by atoms with Crippen molar-refractivity contribution in [2.75, 3.05) is 23.4 Å². The third kappa shape index (κ3) is 3.31. The molecule has 27 heavy (non-hydrogen) atoms. The predicted octanol–water partition coefficient (Wildman–Crippen LogP) is 3.81. The lowest BCUT2D eigenvalue weighted by Crippen LogP contribution is -2.36. The predicted molar refractivity (Wildman–Crippen MR) is 106 cm³/mol. The highest BCUT2D eigenvalue weighted by Gasteiger charge is 2.25. The fourth-order valence-corrected chi connectivity index (χ4v) is 3.22. The van der Waals surface area contributed by atoms with Gasteiger partial charge < -0.3 is 15.0 Å². The van der Waals surface area contributed by atoms with Crippen LogP contribution in [0, 0.1) is 0 Å². The van der Waals surface area contributed by atoms with Gasteiger partial charge in [0.1, 0.15) is 18.8 Å². The first-order valence-corrected chi connectivity index (χ1v) is 8.88. The summed E-state index contributed by atoms with van der Waals surface area (Å²) in [4.78, 5) is 22.6. The van der Waals surface area contributed by atoms with E-state index in [9.17, 15) is 4.79 Å². The highest BCUT2D eigenvalue weighted by Crippen LogP contribution is 2.40. The molecular formula is C20H17ClN4O2. The molecule has 0 bridgehead atoms. The van der Waals surface area contributed by atoms with Crippen molar-refractivity contribution in [2.24, 2.45) is 0 Å². The molecule has 0 radical (unpaired) electrons. The number of nitrogens with one attached hydrogen (secondary N) is 1. The molecule has 0 atom stereocenters. The van der Waals surface area contributed by atoms with Crippen LogP contribution in [-0.2, 0) is 11.3 Å². The van der Waals surface area contributed by atoms with Crippen molar-refractivity contribution < 1.29 is 9.53 Å². The topological polar surface area (TPSA) is 67.4 Å². The van der Waals surface area contributed by atoms with Crippen molar-refractivity contribution in [3.8, 4) is 5.75 Å². The molecule has 6 nitrogen and oxygen atoms in total. The number of hydrogen-bond acceptors (Lipinski definition) is 5. The molecule has 2 heterocycles. The van der Waals surface area contributed by atoms with Gasteiger partial charge in [-0.3, -0.25) is 4.79 Å². The van der Waals surface area contributed by atoms with Crippen LogP contribution in [0.2, 0.25) is 5.02 Å². The van der Waals surface area contributed by atoms with Crippen molar-refractivity contribution in [3.63, 3.8) is 0 Å². The Morgan fingerprint density at radius 2 is 2.07 bits per heavy atom. The summed E-state index contributed by atoms with van der Waals surface area (Å²) in [7, 11) is 0. The Morgan fingerprint density at radius 1 is 1.26 bits per heavy atom. The van der Waals surface area contributed by atoms with Gasteiger partial charge in [-0.2, -0.15) is 0 Å². The van der Waals surface area contributed by atoms with Crippen LogP contribution in [-0.4, -0.2) is 29.0 Å². The Labute approximate surface area is 161 Å². The zero-order valence-electron chi connectivity index (χ0n) is 14.5. The first-order valence-electron chi connectivity index (χ1n) is 8.50.